The predicted octanol–water partition coefficient (Wildman–Crippen LogP) is 0.0213. The van der Waals surface area contributed by atoms with Gasteiger partial charge in [0.05, 0.1) is 36.0 Å². The number of hydrogen-bond acceptors (Lipinski definition) is 6. The fourth-order valence-electron chi connectivity index (χ4n) is 2.72. The number of primary amides is 1. The van der Waals surface area contributed by atoms with Gasteiger partial charge in [-0.3, -0.25) is 4.79 Å². The van der Waals surface area contributed by atoms with Gasteiger partial charge in [0.15, 0.2) is 0 Å². The number of sulfonamides is 1. The summed E-state index contributed by atoms with van der Waals surface area (Å²) in [5, 5.41) is 8.11. The number of aromatic nitrogens is 3. The third-order valence-electron chi connectivity index (χ3n) is 3.96. The standard InChI is InChI=1S/C14H17N5O4S/c1-23-13-3-2-11(8-12(13)14(15)20)24(21,22)18-7-4-10(9-18)19-16-5-6-17-19/h2-3,5-6,8,10H,4,7,9H2,1H3,(H2,15,20). The second-order valence-corrected chi connectivity index (χ2v) is 7.32. The summed E-state index contributed by atoms with van der Waals surface area (Å²) in [7, 11) is -2.36. The van der Waals surface area contributed by atoms with Gasteiger partial charge < -0.3 is 10.5 Å². The normalized spacial score (nSPS) is 18.6. The van der Waals surface area contributed by atoms with Crippen molar-refractivity contribution in [2.45, 2.75) is 17.4 Å². The van der Waals surface area contributed by atoms with Crippen molar-refractivity contribution in [2.75, 3.05) is 20.2 Å². The molecule has 1 unspecified atom stereocenters. The highest BCUT2D eigenvalue weighted by molar-refractivity contribution is 7.89. The zero-order valence-electron chi connectivity index (χ0n) is 13.0. The molecule has 1 atom stereocenters. The van der Waals surface area contributed by atoms with Crippen LogP contribution in [-0.4, -0.2) is 53.8 Å². The Morgan fingerprint density at radius 3 is 2.67 bits per heavy atom. The fraction of sp³-hybridized carbons (Fsp3) is 0.357. The van der Waals surface area contributed by atoms with Crippen molar-refractivity contribution in [3.63, 3.8) is 0 Å². The molecule has 1 fully saturated rings. The average molecular weight is 351 g/mol. The first kappa shape index (κ1) is 16.4. The summed E-state index contributed by atoms with van der Waals surface area (Å²) >= 11 is 0. The number of amides is 1. The first-order chi connectivity index (χ1) is 11.4. The van der Waals surface area contributed by atoms with Gasteiger partial charge in [0, 0.05) is 13.1 Å². The van der Waals surface area contributed by atoms with Gasteiger partial charge in [0.1, 0.15) is 5.75 Å². The Kier molecular flexibility index (Phi) is 4.24. The second kappa shape index (κ2) is 6.21. The largest absolute Gasteiger partial charge is 0.496 e. The summed E-state index contributed by atoms with van der Waals surface area (Å²) in [5.74, 6) is -0.509. The van der Waals surface area contributed by atoms with Gasteiger partial charge in [-0.05, 0) is 24.6 Å². The van der Waals surface area contributed by atoms with Crippen molar-refractivity contribution in [3.8, 4) is 5.75 Å². The summed E-state index contributed by atoms with van der Waals surface area (Å²) in [5.41, 5.74) is 5.33. The minimum absolute atomic E-state index is 0.00572. The Morgan fingerprint density at radius 2 is 2.04 bits per heavy atom. The highest BCUT2D eigenvalue weighted by atomic mass is 32.2. The molecule has 128 valence electrons. The lowest BCUT2D eigenvalue weighted by molar-refractivity contribution is 0.0997. The van der Waals surface area contributed by atoms with Gasteiger partial charge in [-0.2, -0.15) is 19.3 Å². The number of hydrogen-bond donors (Lipinski definition) is 1. The van der Waals surface area contributed by atoms with Crippen LogP contribution in [0.2, 0.25) is 0 Å². The van der Waals surface area contributed by atoms with Crippen LogP contribution in [0.3, 0.4) is 0 Å². The molecule has 10 heteroatoms. The van der Waals surface area contributed by atoms with Crippen LogP contribution < -0.4 is 10.5 Å². The molecule has 0 saturated carbocycles. The number of carbonyl (C=O) groups is 1. The molecule has 0 bridgehead atoms. The van der Waals surface area contributed by atoms with E-state index in [1.807, 2.05) is 0 Å². The predicted molar refractivity (Wildman–Crippen MR) is 83.9 cm³/mol. The molecule has 2 heterocycles. The van der Waals surface area contributed by atoms with Crippen molar-refractivity contribution in [1.29, 1.82) is 0 Å². The lowest BCUT2D eigenvalue weighted by Gasteiger charge is -2.17. The number of benzene rings is 1. The minimum Gasteiger partial charge on any atom is -0.496 e. The molecule has 1 amide bonds. The summed E-state index contributed by atoms with van der Waals surface area (Å²) in [6.45, 7) is 0.626. The number of carbonyl (C=O) groups excluding carboxylic acids is 1. The van der Waals surface area contributed by atoms with Crippen LogP contribution in [0, 0.1) is 0 Å². The molecular formula is C14H17N5O4S. The molecule has 1 aliphatic rings. The van der Waals surface area contributed by atoms with E-state index >= 15 is 0 Å². The molecule has 1 aliphatic heterocycles. The fourth-order valence-corrected chi connectivity index (χ4v) is 4.24. The van der Waals surface area contributed by atoms with Gasteiger partial charge in [0.25, 0.3) is 5.91 Å². The lowest BCUT2D eigenvalue weighted by Crippen LogP contribution is -2.30. The Labute approximate surface area is 139 Å². The van der Waals surface area contributed by atoms with Crippen LogP contribution in [0.4, 0.5) is 0 Å². The number of ether oxygens (including phenoxy) is 1. The maximum absolute atomic E-state index is 12.8. The van der Waals surface area contributed by atoms with Crippen molar-refractivity contribution in [3.05, 3.63) is 36.2 Å². The molecule has 1 aromatic carbocycles. The van der Waals surface area contributed by atoms with Gasteiger partial charge in [-0.25, -0.2) is 8.42 Å². The Bertz CT molecular complexity index is 850. The van der Waals surface area contributed by atoms with E-state index in [1.165, 1.54) is 34.4 Å². The summed E-state index contributed by atoms with van der Waals surface area (Å²) in [6, 6.07) is 3.97. The molecule has 2 N–H and O–H groups in total. The average Bonchev–Trinajstić information content (AvgIpc) is 3.25. The summed E-state index contributed by atoms with van der Waals surface area (Å²) < 4.78 is 32.0. The van der Waals surface area contributed by atoms with Crippen LogP contribution in [0.5, 0.6) is 5.75 Å². The first-order valence-electron chi connectivity index (χ1n) is 7.27. The van der Waals surface area contributed by atoms with Crippen molar-refractivity contribution in [2.24, 2.45) is 5.73 Å². The summed E-state index contributed by atoms with van der Waals surface area (Å²) in [6.07, 6.45) is 3.73. The molecule has 24 heavy (non-hydrogen) atoms. The van der Waals surface area contributed by atoms with E-state index in [4.69, 9.17) is 10.5 Å². The van der Waals surface area contributed by atoms with Gasteiger partial charge >= 0.3 is 0 Å². The van der Waals surface area contributed by atoms with Crippen molar-refractivity contribution < 1.29 is 17.9 Å². The van der Waals surface area contributed by atoms with E-state index in [0.29, 0.717) is 13.0 Å². The maximum atomic E-state index is 12.8. The van der Waals surface area contributed by atoms with Crippen LogP contribution in [0.15, 0.2) is 35.5 Å². The molecule has 0 spiro atoms. The van der Waals surface area contributed by atoms with Crippen LogP contribution in [-0.2, 0) is 10.0 Å². The number of nitrogens with zero attached hydrogens (tertiary/aromatic N) is 4. The van der Waals surface area contributed by atoms with Crippen LogP contribution in [0.25, 0.3) is 0 Å². The summed E-state index contributed by atoms with van der Waals surface area (Å²) in [4.78, 5) is 13.0. The molecule has 0 radical (unpaired) electrons. The van der Waals surface area contributed by atoms with Crippen LogP contribution >= 0.6 is 0 Å². The number of rotatable bonds is 5. The molecule has 0 aliphatic carbocycles. The van der Waals surface area contributed by atoms with Crippen LogP contribution in [0.1, 0.15) is 22.8 Å². The molecule has 1 saturated heterocycles. The third-order valence-corrected chi connectivity index (χ3v) is 5.82. The molecule has 1 aromatic heterocycles. The first-order valence-corrected chi connectivity index (χ1v) is 8.71. The topological polar surface area (TPSA) is 120 Å². The minimum atomic E-state index is -3.74. The van der Waals surface area contributed by atoms with E-state index in [9.17, 15) is 13.2 Å². The van der Waals surface area contributed by atoms with Gasteiger partial charge in [-0.15, -0.1) is 0 Å². The Hall–Kier alpha value is -2.46. The van der Waals surface area contributed by atoms with Gasteiger partial charge in [-0.1, -0.05) is 0 Å². The second-order valence-electron chi connectivity index (χ2n) is 5.38. The van der Waals surface area contributed by atoms with E-state index < -0.39 is 15.9 Å². The number of nitrogens with two attached hydrogens (primary N) is 1. The molecular weight excluding hydrogens is 334 g/mol. The van der Waals surface area contributed by atoms with Crippen molar-refractivity contribution in [1.82, 2.24) is 19.3 Å². The quantitative estimate of drug-likeness (QED) is 0.811. The SMILES string of the molecule is COc1ccc(S(=O)(=O)N2CCC(n3nccn3)C2)cc1C(N)=O. The van der Waals surface area contributed by atoms with E-state index in [2.05, 4.69) is 10.2 Å². The molecule has 2 aromatic rings. The highest BCUT2D eigenvalue weighted by Crippen LogP contribution is 2.29. The van der Waals surface area contributed by atoms with E-state index in [1.54, 1.807) is 12.4 Å². The number of methoxy groups -OCH3 is 1. The molecule has 9 nitrogen and oxygen atoms in total. The van der Waals surface area contributed by atoms with E-state index in [-0.39, 0.29) is 28.8 Å². The zero-order valence-corrected chi connectivity index (χ0v) is 13.8. The van der Waals surface area contributed by atoms with E-state index in [0.717, 1.165) is 0 Å². The monoisotopic (exact) mass is 351 g/mol. The van der Waals surface area contributed by atoms with Gasteiger partial charge in [0.2, 0.25) is 10.0 Å². The van der Waals surface area contributed by atoms with Crippen molar-refractivity contribution >= 4 is 15.9 Å². The lowest BCUT2D eigenvalue weighted by atomic mass is 10.2. The highest BCUT2D eigenvalue weighted by Gasteiger charge is 2.34. The Morgan fingerprint density at radius 1 is 1.33 bits per heavy atom. The third kappa shape index (κ3) is 2.85. The maximum Gasteiger partial charge on any atom is 0.252 e. The smallest absolute Gasteiger partial charge is 0.252 e. The molecule has 3 rings (SSSR count). The zero-order chi connectivity index (χ0) is 17.3. The Balaban J connectivity index is 1.89.